The van der Waals surface area contributed by atoms with Crippen molar-refractivity contribution in [2.45, 2.75) is 6.61 Å². The molecule has 2 aromatic rings. The lowest BCUT2D eigenvalue weighted by atomic mass is 10.2. The van der Waals surface area contributed by atoms with Crippen molar-refractivity contribution in [2.24, 2.45) is 5.73 Å². The van der Waals surface area contributed by atoms with Crippen LogP contribution in [0.1, 0.15) is 10.4 Å². The zero-order valence-corrected chi connectivity index (χ0v) is 12.4. The summed E-state index contributed by atoms with van der Waals surface area (Å²) in [6, 6.07) is 11.8. The van der Waals surface area contributed by atoms with E-state index in [2.05, 4.69) is 10.1 Å². The molecule has 6 nitrogen and oxygen atoms in total. The number of nitrogens with one attached hydrogen (secondary N) is 1. The standard InChI is InChI=1S/C16H14F2N2O4/c17-16(18)24-11-7-5-10(6-8-11)20-15(22)12-3-1-2-4-13(12)23-9-14(19)21/h1-8,16H,9H2,(H2,19,21)(H,20,22). The monoisotopic (exact) mass is 336 g/mol. The number of para-hydroxylation sites is 1. The van der Waals surface area contributed by atoms with E-state index >= 15 is 0 Å². The fraction of sp³-hybridized carbons (Fsp3) is 0.125. The Morgan fingerprint density at radius 3 is 2.38 bits per heavy atom. The van der Waals surface area contributed by atoms with Gasteiger partial charge in [-0.2, -0.15) is 8.78 Å². The first-order valence-electron chi connectivity index (χ1n) is 6.82. The second-order valence-electron chi connectivity index (χ2n) is 4.61. The Kier molecular flexibility index (Phi) is 5.67. The predicted molar refractivity (Wildman–Crippen MR) is 82.2 cm³/mol. The lowest BCUT2D eigenvalue weighted by Crippen LogP contribution is -2.21. The SMILES string of the molecule is NC(=O)COc1ccccc1C(=O)Nc1ccc(OC(F)F)cc1. The molecule has 0 aliphatic heterocycles. The first-order valence-corrected chi connectivity index (χ1v) is 6.82. The molecule has 0 unspecified atom stereocenters. The minimum atomic E-state index is -2.92. The Labute approximate surface area is 136 Å². The molecule has 24 heavy (non-hydrogen) atoms. The summed E-state index contributed by atoms with van der Waals surface area (Å²) in [5.41, 5.74) is 5.59. The summed E-state index contributed by atoms with van der Waals surface area (Å²) >= 11 is 0. The molecule has 0 aliphatic carbocycles. The molecule has 2 rings (SSSR count). The lowest BCUT2D eigenvalue weighted by molar-refractivity contribution is -0.119. The Bertz CT molecular complexity index is 720. The first kappa shape index (κ1) is 17.2. The molecule has 0 aliphatic rings. The van der Waals surface area contributed by atoms with Crippen LogP contribution in [-0.2, 0) is 4.79 Å². The van der Waals surface area contributed by atoms with Crippen LogP contribution in [0.2, 0.25) is 0 Å². The molecule has 0 spiro atoms. The zero-order chi connectivity index (χ0) is 17.5. The van der Waals surface area contributed by atoms with E-state index in [1.54, 1.807) is 12.1 Å². The smallest absolute Gasteiger partial charge is 0.387 e. The third-order valence-corrected chi connectivity index (χ3v) is 2.84. The number of ether oxygens (including phenoxy) is 2. The number of nitrogens with two attached hydrogens (primary N) is 1. The Balaban J connectivity index is 2.08. The fourth-order valence-corrected chi connectivity index (χ4v) is 1.85. The maximum absolute atomic E-state index is 12.3. The van der Waals surface area contributed by atoms with Gasteiger partial charge < -0.3 is 20.5 Å². The first-order chi connectivity index (χ1) is 11.5. The second kappa shape index (κ2) is 7.91. The van der Waals surface area contributed by atoms with Gasteiger partial charge in [-0.25, -0.2) is 0 Å². The lowest BCUT2D eigenvalue weighted by Gasteiger charge is -2.11. The van der Waals surface area contributed by atoms with Crippen molar-refractivity contribution in [3.05, 3.63) is 54.1 Å². The van der Waals surface area contributed by atoms with Crippen LogP contribution in [-0.4, -0.2) is 25.0 Å². The predicted octanol–water partition coefficient (Wildman–Crippen LogP) is 2.40. The van der Waals surface area contributed by atoms with E-state index in [0.29, 0.717) is 5.69 Å². The molecule has 0 radical (unpaired) electrons. The summed E-state index contributed by atoms with van der Waals surface area (Å²) in [5.74, 6) is -0.975. The molecule has 0 saturated heterocycles. The molecule has 0 fully saturated rings. The van der Waals surface area contributed by atoms with Gasteiger partial charge >= 0.3 is 6.61 Å². The van der Waals surface area contributed by atoms with Gasteiger partial charge in [0.2, 0.25) is 0 Å². The highest BCUT2D eigenvalue weighted by Gasteiger charge is 2.13. The number of amides is 2. The van der Waals surface area contributed by atoms with Crippen LogP contribution >= 0.6 is 0 Å². The number of alkyl halides is 2. The summed E-state index contributed by atoms with van der Waals surface area (Å²) in [6.07, 6.45) is 0. The van der Waals surface area contributed by atoms with Crippen LogP contribution in [0.25, 0.3) is 0 Å². The van der Waals surface area contributed by atoms with E-state index in [1.807, 2.05) is 0 Å². The topological polar surface area (TPSA) is 90.7 Å². The molecule has 0 bridgehead atoms. The average Bonchev–Trinajstić information content (AvgIpc) is 2.54. The van der Waals surface area contributed by atoms with Crippen molar-refractivity contribution < 1.29 is 27.8 Å². The van der Waals surface area contributed by atoms with Gasteiger partial charge in [-0.05, 0) is 36.4 Å². The minimum Gasteiger partial charge on any atom is -0.483 e. The molecule has 8 heteroatoms. The van der Waals surface area contributed by atoms with Crippen LogP contribution in [0, 0.1) is 0 Å². The third-order valence-electron chi connectivity index (χ3n) is 2.84. The Hall–Kier alpha value is -3.16. The number of hydrogen-bond donors (Lipinski definition) is 2. The molecular weight excluding hydrogens is 322 g/mol. The molecule has 0 heterocycles. The van der Waals surface area contributed by atoms with Crippen LogP contribution < -0.4 is 20.5 Å². The number of carbonyl (C=O) groups excluding carboxylic acids is 2. The van der Waals surface area contributed by atoms with Gasteiger partial charge in [-0.15, -0.1) is 0 Å². The van der Waals surface area contributed by atoms with Crippen molar-refractivity contribution in [1.29, 1.82) is 0 Å². The molecule has 126 valence electrons. The van der Waals surface area contributed by atoms with Gasteiger partial charge in [0.15, 0.2) is 6.61 Å². The largest absolute Gasteiger partial charge is 0.483 e. The zero-order valence-electron chi connectivity index (χ0n) is 12.4. The highest BCUT2D eigenvalue weighted by molar-refractivity contribution is 6.06. The van der Waals surface area contributed by atoms with Gasteiger partial charge in [0.1, 0.15) is 11.5 Å². The summed E-state index contributed by atoms with van der Waals surface area (Å²) in [6.45, 7) is -3.27. The summed E-state index contributed by atoms with van der Waals surface area (Å²) < 4.78 is 33.6. The summed E-state index contributed by atoms with van der Waals surface area (Å²) in [5, 5.41) is 2.59. The van der Waals surface area contributed by atoms with Crippen molar-refractivity contribution in [3.63, 3.8) is 0 Å². The quantitative estimate of drug-likeness (QED) is 0.812. The van der Waals surface area contributed by atoms with Gasteiger partial charge in [0, 0.05) is 5.69 Å². The molecule has 3 N–H and O–H groups in total. The number of halogens is 2. The van der Waals surface area contributed by atoms with E-state index in [1.165, 1.54) is 36.4 Å². The highest BCUT2D eigenvalue weighted by atomic mass is 19.3. The third kappa shape index (κ3) is 4.94. The van der Waals surface area contributed by atoms with Gasteiger partial charge in [-0.3, -0.25) is 9.59 Å². The summed E-state index contributed by atoms with van der Waals surface area (Å²) in [4.78, 5) is 23.1. The van der Waals surface area contributed by atoms with Gasteiger partial charge in [-0.1, -0.05) is 12.1 Å². The molecule has 2 aromatic carbocycles. The van der Waals surface area contributed by atoms with Crippen molar-refractivity contribution in [3.8, 4) is 11.5 Å². The van der Waals surface area contributed by atoms with Crippen LogP contribution in [0.5, 0.6) is 11.5 Å². The minimum absolute atomic E-state index is 0.0202. The van der Waals surface area contributed by atoms with Gasteiger partial charge in [0.05, 0.1) is 5.56 Å². The average molecular weight is 336 g/mol. The fourth-order valence-electron chi connectivity index (χ4n) is 1.85. The van der Waals surface area contributed by atoms with Crippen molar-refractivity contribution in [1.82, 2.24) is 0 Å². The number of rotatable bonds is 7. The molecular formula is C16H14F2N2O4. The van der Waals surface area contributed by atoms with Crippen LogP contribution in [0.4, 0.5) is 14.5 Å². The van der Waals surface area contributed by atoms with E-state index in [4.69, 9.17) is 10.5 Å². The molecule has 0 aromatic heterocycles. The van der Waals surface area contributed by atoms with E-state index < -0.39 is 18.4 Å². The number of carbonyl (C=O) groups is 2. The van der Waals surface area contributed by atoms with E-state index in [-0.39, 0.29) is 23.7 Å². The number of hydrogen-bond acceptors (Lipinski definition) is 4. The molecule has 2 amide bonds. The maximum atomic E-state index is 12.3. The van der Waals surface area contributed by atoms with Gasteiger partial charge in [0.25, 0.3) is 11.8 Å². The second-order valence-corrected chi connectivity index (χ2v) is 4.61. The summed E-state index contributed by atoms with van der Waals surface area (Å²) in [7, 11) is 0. The maximum Gasteiger partial charge on any atom is 0.387 e. The number of benzene rings is 2. The molecule has 0 atom stereocenters. The van der Waals surface area contributed by atoms with E-state index in [0.717, 1.165) is 0 Å². The van der Waals surface area contributed by atoms with Crippen LogP contribution in [0.15, 0.2) is 48.5 Å². The normalized spacial score (nSPS) is 10.3. The van der Waals surface area contributed by atoms with E-state index in [9.17, 15) is 18.4 Å². The van der Waals surface area contributed by atoms with Crippen molar-refractivity contribution >= 4 is 17.5 Å². The number of anilines is 1. The van der Waals surface area contributed by atoms with Crippen molar-refractivity contribution in [2.75, 3.05) is 11.9 Å². The Morgan fingerprint density at radius 1 is 1.08 bits per heavy atom. The Morgan fingerprint density at radius 2 is 1.75 bits per heavy atom. The number of primary amides is 1. The molecule has 0 saturated carbocycles. The van der Waals surface area contributed by atoms with Crippen LogP contribution in [0.3, 0.4) is 0 Å². The highest BCUT2D eigenvalue weighted by Crippen LogP contribution is 2.21.